The molecule has 160 valence electrons. The zero-order valence-electron chi connectivity index (χ0n) is 17.5. The van der Waals surface area contributed by atoms with Crippen LogP contribution in [0.15, 0.2) is 52.4 Å². The lowest BCUT2D eigenvalue weighted by atomic mass is 9.90. The van der Waals surface area contributed by atoms with Gasteiger partial charge in [-0.1, -0.05) is 41.6 Å². The molecule has 1 atom stereocenters. The van der Waals surface area contributed by atoms with Gasteiger partial charge in [0, 0.05) is 29.4 Å². The van der Waals surface area contributed by atoms with E-state index in [-0.39, 0.29) is 23.1 Å². The van der Waals surface area contributed by atoms with E-state index in [1.807, 2.05) is 52.7 Å². The Kier molecular flexibility index (Phi) is 5.14. The van der Waals surface area contributed by atoms with Crippen LogP contribution in [0, 0.1) is 18.3 Å². The number of aromatic nitrogens is 1. The fourth-order valence-corrected chi connectivity index (χ4v) is 5.36. The van der Waals surface area contributed by atoms with Crippen LogP contribution >= 0.6 is 11.3 Å². The van der Waals surface area contributed by atoms with Crippen LogP contribution in [0.3, 0.4) is 0 Å². The minimum absolute atomic E-state index is 0.0354. The molecule has 1 aliphatic heterocycles. The molecule has 1 saturated carbocycles. The molecular formula is C24H25N3O3S. The Morgan fingerprint density at radius 1 is 1.19 bits per heavy atom. The lowest BCUT2D eigenvalue weighted by Crippen LogP contribution is -2.40. The van der Waals surface area contributed by atoms with Crippen molar-refractivity contribution in [1.29, 1.82) is 0 Å². The van der Waals surface area contributed by atoms with Gasteiger partial charge >= 0.3 is 0 Å². The Labute approximate surface area is 185 Å². The van der Waals surface area contributed by atoms with Crippen molar-refractivity contribution in [3.8, 4) is 11.3 Å². The first kappa shape index (κ1) is 20.0. The largest absolute Gasteiger partial charge is 0.360 e. The van der Waals surface area contributed by atoms with Gasteiger partial charge < -0.3 is 14.7 Å². The van der Waals surface area contributed by atoms with Gasteiger partial charge in [0.25, 0.3) is 5.91 Å². The van der Waals surface area contributed by atoms with Gasteiger partial charge in [-0.3, -0.25) is 9.59 Å². The van der Waals surface area contributed by atoms with Crippen molar-refractivity contribution in [2.45, 2.75) is 32.7 Å². The van der Waals surface area contributed by atoms with E-state index in [1.165, 1.54) is 4.88 Å². The van der Waals surface area contributed by atoms with Crippen molar-refractivity contribution in [2.24, 2.45) is 11.3 Å². The number of rotatable bonds is 5. The van der Waals surface area contributed by atoms with Crippen LogP contribution in [0.1, 0.15) is 40.3 Å². The number of thiophene rings is 1. The summed E-state index contributed by atoms with van der Waals surface area (Å²) in [6, 6.07) is 13.7. The maximum Gasteiger partial charge on any atom is 0.259 e. The number of piperidine rings is 1. The molecule has 0 unspecified atom stereocenters. The predicted molar refractivity (Wildman–Crippen MR) is 119 cm³/mol. The fourth-order valence-electron chi connectivity index (χ4n) is 4.71. The summed E-state index contributed by atoms with van der Waals surface area (Å²) < 4.78 is 5.37. The van der Waals surface area contributed by atoms with E-state index in [0.29, 0.717) is 36.7 Å². The third-order valence-electron chi connectivity index (χ3n) is 6.69. The molecule has 2 amide bonds. The van der Waals surface area contributed by atoms with Crippen LogP contribution in [-0.4, -0.2) is 35.0 Å². The summed E-state index contributed by atoms with van der Waals surface area (Å²) in [4.78, 5) is 29.0. The molecule has 0 radical (unpaired) electrons. The lowest BCUT2D eigenvalue weighted by molar-refractivity contribution is -0.123. The second-order valence-corrected chi connectivity index (χ2v) is 9.57. The Bertz CT molecular complexity index is 1080. The highest BCUT2D eigenvalue weighted by Gasteiger charge is 2.58. The number of carbonyl (C=O) groups is 2. The first-order chi connectivity index (χ1) is 15.1. The van der Waals surface area contributed by atoms with Gasteiger partial charge in [-0.2, -0.15) is 0 Å². The van der Waals surface area contributed by atoms with Crippen LogP contribution in [0.4, 0.5) is 0 Å². The van der Waals surface area contributed by atoms with Crippen LogP contribution in [0.5, 0.6) is 0 Å². The topological polar surface area (TPSA) is 75.4 Å². The van der Waals surface area contributed by atoms with E-state index in [9.17, 15) is 9.59 Å². The standard InChI is InChI=1S/C24H25N3O3S/c1-16-20(21(26-30-16)17-6-3-2-4-7-17)23(29)27-11-9-24(10-12-27)14-19(24)22(28)25-15-18-8-5-13-31-18/h2-8,13,19H,9-12,14-15H2,1H3,(H,25,28)/t19-/m1/s1. The summed E-state index contributed by atoms with van der Waals surface area (Å²) in [5.74, 6) is 0.726. The predicted octanol–water partition coefficient (Wildman–Crippen LogP) is 4.27. The maximum atomic E-state index is 13.3. The number of nitrogens with zero attached hydrogens (tertiary/aromatic N) is 2. The normalized spacial score (nSPS) is 19.4. The monoisotopic (exact) mass is 435 g/mol. The van der Waals surface area contributed by atoms with E-state index < -0.39 is 0 Å². The van der Waals surface area contributed by atoms with Gasteiger partial charge in [0.05, 0.1) is 6.54 Å². The SMILES string of the molecule is Cc1onc(-c2ccccc2)c1C(=O)N1CCC2(CC1)C[C@@H]2C(=O)NCc1cccs1. The Balaban J connectivity index is 1.21. The molecule has 5 rings (SSSR count). The number of benzene rings is 1. The van der Waals surface area contributed by atoms with Gasteiger partial charge in [0.1, 0.15) is 17.0 Å². The summed E-state index contributed by atoms with van der Waals surface area (Å²) in [5, 5.41) is 9.24. The minimum Gasteiger partial charge on any atom is -0.360 e. The molecule has 1 aromatic carbocycles. The van der Waals surface area contributed by atoms with E-state index in [1.54, 1.807) is 18.3 Å². The van der Waals surface area contributed by atoms with Gasteiger partial charge in [-0.15, -0.1) is 11.3 Å². The second-order valence-electron chi connectivity index (χ2n) is 8.54. The molecule has 1 spiro atoms. The van der Waals surface area contributed by atoms with E-state index in [4.69, 9.17) is 4.52 Å². The van der Waals surface area contributed by atoms with Gasteiger partial charge in [0.2, 0.25) is 5.91 Å². The van der Waals surface area contributed by atoms with Crippen LogP contribution in [0.2, 0.25) is 0 Å². The molecule has 2 fully saturated rings. The number of likely N-dealkylation sites (tertiary alicyclic amines) is 1. The van der Waals surface area contributed by atoms with E-state index >= 15 is 0 Å². The van der Waals surface area contributed by atoms with Crippen molar-refractivity contribution in [3.05, 3.63) is 64.0 Å². The molecule has 2 aliphatic rings. The van der Waals surface area contributed by atoms with Crippen LogP contribution in [-0.2, 0) is 11.3 Å². The first-order valence-electron chi connectivity index (χ1n) is 10.7. The molecule has 2 aromatic heterocycles. The summed E-state index contributed by atoms with van der Waals surface area (Å²) in [6.07, 6.45) is 2.65. The van der Waals surface area contributed by atoms with E-state index in [0.717, 1.165) is 24.8 Å². The number of amides is 2. The van der Waals surface area contributed by atoms with Crippen LogP contribution < -0.4 is 5.32 Å². The van der Waals surface area contributed by atoms with Crippen LogP contribution in [0.25, 0.3) is 11.3 Å². The first-order valence-corrected chi connectivity index (χ1v) is 11.6. The highest BCUT2D eigenvalue weighted by Crippen LogP contribution is 2.59. The average molecular weight is 436 g/mol. The molecule has 31 heavy (non-hydrogen) atoms. The third-order valence-corrected chi connectivity index (χ3v) is 7.57. The Morgan fingerprint density at radius 2 is 1.97 bits per heavy atom. The summed E-state index contributed by atoms with van der Waals surface area (Å²) in [5.41, 5.74) is 2.08. The molecular weight excluding hydrogens is 410 g/mol. The van der Waals surface area contributed by atoms with Crippen molar-refractivity contribution in [3.63, 3.8) is 0 Å². The van der Waals surface area contributed by atoms with Crippen molar-refractivity contribution in [2.75, 3.05) is 13.1 Å². The fraction of sp³-hybridized carbons (Fsp3) is 0.375. The molecule has 7 heteroatoms. The highest BCUT2D eigenvalue weighted by molar-refractivity contribution is 7.09. The van der Waals surface area contributed by atoms with Crippen molar-refractivity contribution in [1.82, 2.24) is 15.4 Å². The number of hydrogen-bond acceptors (Lipinski definition) is 5. The molecule has 0 bridgehead atoms. The number of hydrogen-bond donors (Lipinski definition) is 1. The van der Waals surface area contributed by atoms with Crippen molar-refractivity contribution < 1.29 is 14.1 Å². The second kappa shape index (κ2) is 7.96. The summed E-state index contributed by atoms with van der Waals surface area (Å²) in [6.45, 7) is 3.70. The number of carbonyl (C=O) groups excluding carboxylic acids is 2. The third kappa shape index (κ3) is 3.78. The Hall–Kier alpha value is -2.93. The quantitative estimate of drug-likeness (QED) is 0.649. The lowest BCUT2D eigenvalue weighted by Gasteiger charge is -2.33. The minimum atomic E-state index is -0.0354. The van der Waals surface area contributed by atoms with Crippen molar-refractivity contribution >= 4 is 23.2 Å². The molecule has 1 aliphatic carbocycles. The molecule has 3 aromatic rings. The summed E-state index contributed by atoms with van der Waals surface area (Å²) >= 11 is 1.66. The van der Waals surface area contributed by atoms with Gasteiger partial charge in [-0.25, -0.2) is 0 Å². The molecule has 1 N–H and O–H groups in total. The Morgan fingerprint density at radius 3 is 2.68 bits per heavy atom. The van der Waals surface area contributed by atoms with Gasteiger partial charge in [0.15, 0.2) is 0 Å². The molecule has 1 saturated heterocycles. The average Bonchev–Trinajstić information content (AvgIpc) is 3.12. The zero-order chi connectivity index (χ0) is 21.4. The van der Waals surface area contributed by atoms with Gasteiger partial charge in [-0.05, 0) is 43.0 Å². The summed E-state index contributed by atoms with van der Waals surface area (Å²) in [7, 11) is 0. The number of aryl methyl sites for hydroxylation is 1. The zero-order valence-corrected chi connectivity index (χ0v) is 18.3. The van der Waals surface area contributed by atoms with E-state index in [2.05, 4.69) is 10.5 Å². The molecule has 6 nitrogen and oxygen atoms in total. The molecule has 3 heterocycles. The number of nitrogens with one attached hydrogen (secondary N) is 1. The smallest absolute Gasteiger partial charge is 0.259 e. The highest BCUT2D eigenvalue weighted by atomic mass is 32.1. The maximum absolute atomic E-state index is 13.3.